The number of benzene rings is 2. The smallest absolute Gasteiger partial charge is 0.274 e. The second kappa shape index (κ2) is 7.75. The number of nitrogens with zero attached hydrogens (tertiary/aromatic N) is 4. The van der Waals surface area contributed by atoms with Crippen molar-refractivity contribution in [2.24, 2.45) is 0 Å². The average Bonchev–Trinajstić information content (AvgIpc) is 3.16. The number of para-hydroxylation sites is 2. The van der Waals surface area contributed by atoms with Crippen LogP contribution < -0.4 is 15.0 Å². The zero-order valence-corrected chi connectivity index (χ0v) is 16.2. The molecule has 8 heteroatoms. The van der Waals surface area contributed by atoms with E-state index >= 15 is 0 Å². The van der Waals surface area contributed by atoms with Crippen LogP contribution in [0.2, 0.25) is 0 Å². The second-order valence-corrected chi connectivity index (χ2v) is 6.99. The van der Waals surface area contributed by atoms with E-state index in [2.05, 4.69) is 15.6 Å². The minimum absolute atomic E-state index is 0.0451. The molecule has 1 aliphatic heterocycles. The Bertz CT molecular complexity index is 1040. The Hall–Kier alpha value is -3.68. The van der Waals surface area contributed by atoms with E-state index in [9.17, 15) is 9.59 Å². The maximum Gasteiger partial charge on any atom is 0.274 e. The summed E-state index contributed by atoms with van der Waals surface area (Å²) < 4.78 is 7.30. The second-order valence-electron chi connectivity index (χ2n) is 6.99. The molecule has 0 fully saturated rings. The number of carbonyl (C=O) groups excluding carboxylic acids is 2. The number of aryl methyl sites for hydroxylation is 1. The van der Waals surface area contributed by atoms with E-state index in [1.807, 2.05) is 43.3 Å². The first-order valence-electron chi connectivity index (χ1n) is 9.27. The molecular weight excluding hydrogens is 370 g/mol. The SMILES string of the molecule is Cc1ccc(Cn2cc(C(=O)N[C@H]3COc4ccccc4N(C)C3=O)nn2)cc1. The maximum atomic E-state index is 12.7. The molecule has 1 N–H and O–H groups in total. The van der Waals surface area contributed by atoms with Crippen molar-refractivity contribution >= 4 is 17.5 Å². The summed E-state index contributed by atoms with van der Waals surface area (Å²) in [6, 6.07) is 14.5. The summed E-state index contributed by atoms with van der Waals surface area (Å²) >= 11 is 0. The molecule has 148 valence electrons. The predicted octanol–water partition coefficient (Wildman–Crippen LogP) is 1.79. The molecule has 0 saturated carbocycles. The summed E-state index contributed by atoms with van der Waals surface area (Å²) in [6.45, 7) is 2.57. The maximum absolute atomic E-state index is 12.7. The number of likely N-dealkylation sites (N-methyl/N-ethyl adjacent to an activating group) is 1. The molecule has 1 aliphatic rings. The highest BCUT2D eigenvalue weighted by Gasteiger charge is 2.31. The lowest BCUT2D eigenvalue weighted by Crippen LogP contribution is -2.49. The Balaban J connectivity index is 1.44. The number of rotatable bonds is 4. The molecule has 1 aromatic heterocycles. The molecule has 0 bridgehead atoms. The van der Waals surface area contributed by atoms with Gasteiger partial charge in [-0.15, -0.1) is 5.10 Å². The van der Waals surface area contributed by atoms with Gasteiger partial charge in [0.2, 0.25) is 0 Å². The highest BCUT2D eigenvalue weighted by Crippen LogP contribution is 2.29. The van der Waals surface area contributed by atoms with Gasteiger partial charge in [-0.2, -0.15) is 0 Å². The number of hydrogen-bond acceptors (Lipinski definition) is 5. The molecule has 2 amide bonds. The summed E-state index contributed by atoms with van der Waals surface area (Å²) in [6.07, 6.45) is 1.57. The van der Waals surface area contributed by atoms with Gasteiger partial charge in [0.05, 0.1) is 18.4 Å². The fourth-order valence-corrected chi connectivity index (χ4v) is 3.15. The lowest BCUT2D eigenvalue weighted by atomic mass is 10.1. The van der Waals surface area contributed by atoms with E-state index in [0.717, 1.165) is 5.56 Å². The van der Waals surface area contributed by atoms with Crippen molar-refractivity contribution in [1.29, 1.82) is 0 Å². The quantitative estimate of drug-likeness (QED) is 0.732. The topological polar surface area (TPSA) is 89.4 Å². The molecule has 0 aliphatic carbocycles. The number of fused-ring (bicyclic) bond motifs is 1. The van der Waals surface area contributed by atoms with E-state index in [-0.39, 0.29) is 18.2 Å². The van der Waals surface area contributed by atoms with E-state index in [4.69, 9.17) is 4.74 Å². The van der Waals surface area contributed by atoms with Gasteiger partial charge in [-0.05, 0) is 24.6 Å². The van der Waals surface area contributed by atoms with Crippen LogP contribution in [0.15, 0.2) is 54.7 Å². The van der Waals surface area contributed by atoms with Gasteiger partial charge in [-0.3, -0.25) is 9.59 Å². The van der Waals surface area contributed by atoms with Crippen molar-refractivity contribution in [3.63, 3.8) is 0 Å². The van der Waals surface area contributed by atoms with Gasteiger partial charge in [0.15, 0.2) is 5.69 Å². The first-order chi connectivity index (χ1) is 14.0. The standard InChI is InChI=1S/C21H21N5O3/c1-14-7-9-15(10-8-14)11-26-12-16(23-24-26)20(27)22-17-13-29-19-6-4-3-5-18(19)25(2)21(17)28/h3-10,12,17H,11,13H2,1-2H3,(H,22,27)/t17-/m0/s1. The Morgan fingerprint density at radius 1 is 1.21 bits per heavy atom. The van der Waals surface area contributed by atoms with E-state index < -0.39 is 11.9 Å². The molecule has 4 rings (SSSR count). The normalized spacial score (nSPS) is 16.0. The number of hydrogen-bond donors (Lipinski definition) is 1. The minimum atomic E-state index is -0.817. The Labute approximate surface area is 168 Å². The van der Waals surface area contributed by atoms with Crippen LogP contribution in [-0.2, 0) is 11.3 Å². The molecule has 8 nitrogen and oxygen atoms in total. The van der Waals surface area contributed by atoms with Gasteiger partial charge in [-0.1, -0.05) is 47.2 Å². The first kappa shape index (κ1) is 18.7. The molecule has 0 radical (unpaired) electrons. The highest BCUT2D eigenvalue weighted by molar-refractivity contribution is 6.02. The van der Waals surface area contributed by atoms with Crippen molar-refractivity contribution in [2.75, 3.05) is 18.6 Å². The third-order valence-electron chi connectivity index (χ3n) is 4.80. The number of aromatic nitrogens is 3. The summed E-state index contributed by atoms with van der Waals surface area (Å²) in [5.41, 5.74) is 3.04. The van der Waals surface area contributed by atoms with Gasteiger partial charge in [-0.25, -0.2) is 4.68 Å². The van der Waals surface area contributed by atoms with Gasteiger partial charge < -0.3 is 15.0 Å². The predicted molar refractivity (Wildman–Crippen MR) is 107 cm³/mol. The molecule has 1 atom stereocenters. The molecule has 0 unspecified atom stereocenters. The fourth-order valence-electron chi connectivity index (χ4n) is 3.15. The van der Waals surface area contributed by atoms with Crippen LogP contribution in [0, 0.1) is 6.92 Å². The Morgan fingerprint density at radius 2 is 1.97 bits per heavy atom. The monoisotopic (exact) mass is 391 g/mol. The minimum Gasteiger partial charge on any atom is -0.489 e. The molecular formula is C21H21N5O3. The lowest BCUT2D eigenvalue weighted by molar-refractivity contribution is -0.120. The molecule has 0 spiro atoms. The Morgan fingerprint density at radius 3 is 2.76 bits per heavy atom. The third-order valence-corrected chi connectivity index (χ3v) is 4.80. The molecule has 29 heavy (non-hydrogen) atoms. The number of anilines is 1. The van der Waals surface area contributed by atoms with Crippen LogP contribution in [0.25, 0.3) is 0 Å². The van der Waals surface area contributed by atoms with Crippen LogP contribution in [0.4, 0.5) is 5.69 Å². The molecule has 2 heterocycles. The van der Waals surface area contributed by atoms with Crippen molar-refractivity contribution in [3.05, 3.63) is 71.5 Å². The Kier molecular flexibility index (Phi) is 4.99. The lowest BCUT2D eigenvalue weighted by Gasteiger charge is -2.19. The average molecular weight is 391 g/mol. The van der Waals surface area contributed by atoms with Gasteiger partial charge in [0, 0.05) is 7.05 Å². The van der Waals surface area contributed by atoms with Crippen LogP contribution in [0.5, 0.6) is 5.75 Å². The van der Waals surface area contributed by atoms with Crippen molar-refractivity contribution in [3.8, 4) is 5.75 Å². The number of amides is 2. The number of ether oxygens (including phenoxy) is 1. The van der Waals surface area contributed by atoms with Crippen molar-refractivity contribution < 1.29 is 14.3 Å². The van der Waals surface area contributed by atoms with Crippen molar-refractivity contribution in [2.45, 2.75) is 19.5 Å². The third kappa shape index (κ3) is 3.96. The largest absolute Gasteiger partial charge is 0.489 e. The van der Waals surface area contributed by atoms with Gasteiger partial charge >= 0.3 is 0 Å². The van der Waals surface area contributed by atoms with Crippen LogP contribution >= 0.6 is 0 Å². The van der Waals surface area contributed by atoms with Crippen LogP contribution in [-0.4, -0.2) is 46.5 Å². The van der Waals surface area contributed by atoms with Gasteiger partial charge in [0.1, 0.15) is 18.4 Å². The van der Waals surface area contributed by atoms with E-state index in [1.165, 1.54) is 10.5 Å². The molecule has 3 aromatic rings. The zero-order chi connectivity index (χ0) is 20.4. The number of nitrogens with one attached hydrogen (secondary N) is 1. The summed E-state index contributed by atoms with van der Waals surface area (Å²) in [4.78, 5) is 26.8. The van der Waals surface area contributed by atoms with E-state index in [0.29, 0.717) is 18.0 Å². The van der Waals surface area contributed by atoms with Gasteiger partial charge in [0.25, 0.3) is 11.8 Å². The molecule has 0 saturated heterocycles. The highest BCUT2D eigenvalue weighted by atomic mass is 16.5. The first-order valence-corrected chi connectivity index (χ1v) is 9.27. The fraction of sp³-hybridized carbons (Fsp3) is 0.238. The van der Waals surface area contributed by atoms with Crippen LogP contribution in [0.3, 0.4) is 0 Å². The number of carbonyl (C=O) groups is 2. The summed E-state index contributed by atoms with van der Waals surface area (Å²) in [5.74, 6) is -0.124. The molecule has 2 aromatic carbocycles. The summed E-state index contributed by atoms with van der Waals surface area (Å²) in [7, 11) is 1.66. The van der Waals surface area contributed by atoms with Crippen molar-refractivity contribution in [1.82, 2.24) is 20.3 Å². The zero-order valence-electron chi connectivity index (χ0n) is 16.2. The van der Waals surface area contributed by atoms with Crippen LogP contribution in [0.1, 0.15) is 21.6 Å². The van der Waals surface area contributed by atoms with E-state index in [1.54, 1.807) is 30.1 Å². The summed E-state index contributed by atoms with van der Waals surface area (Å²) in [5, 5.41) is 10.7.